The molecule has 0 amide bonds. The molecule has 3 aromatic rings. The molecule has 0 radical (unpaired) electrons. The summed E-state index contributed by atoms with van der Waals surface area (Å²) in [5.74, 6) is -0.328. The lowest BCUT2D eigenvalue weighted by Crippen LogP contribution is -2.13. The molecule has 4 nitrogen and oxygen atoms in total. The predicted molar refractivity (Wildman–Crippen MR) is 102 cm³/mol. The zero-order chi connectivity index (χ0) is 21.2. The molecule has 29 heavy (non-hydrogen) atoms. The highest BCUT2D eigenvalue weighted by Gasteiger charge is 2.33. The van der Waals surface area contributed by atoms with Crippen LogP contribution in [0.4, 0.5) is 23.4 Å². The second-order valence-electron chi connectivity index (χ2n) is 6.05. The first kappa shape index (κ1) is 21.3. The largest absolute Gasteiger partial charge is 0.417 e. The van der Waals surface area contributed by atoms with Gasteiger partial charge in [0.2, 0.25) is 0 Å². The number of hydrogen-bond acceptors (Lipinski definition) is 4. The number of anilines is 1. The predicted octanol–water partition coefficient (Wildman–Crippen LogP) is 5.75. The fourth-order valence-electron chi connectivity index (χ4n) is 2.55. The van der Waals surface area contributed by atoms with E-state index in [9.17, 15) is 22.7 Å². The molecule has 2 N–H and O–H groups in total. The van der Waals surface area contributed by atoms with Gasteiger partial charge in [-0.15, -0.1) is 0 Å². The van der Waals surface area contributed by atoms with Crippen molar-refractivity contribution in [2.75, 3.05) is 11.9 Å². The van der Waals surface area contributed by atoms with Crippen LogP contribution in [0.1, 0.15) is 17.2 Å². The van der Waals surface area contributed by atoms with E-state index in [0.29, 0.717) is 22.6 Å². The van der Waals surface area contributed by atoms with Gasteiger partial charge in [0.25, 0.3) is 0 Å². The summed E-state index contributed by atoms with van der Waals surface area (Å²) in [5, 5.41) is 12.6. The lowest BCUT2D eigenvalue weighted by Gasteiger charge is -2.14. The molecule has 3 rings (SSSR count). The maximum atomic E-state index is 13.5. The zero-order valence-electron chi connectivity index (χ0n) is 14.5. The Balaban J connectivity index is 1.74. The third-order valence-electron chi connectivity index (χ3n) is 4.04. The number of halogens is 6. The van der Waals surface area contributed by atoms with Gasteiger partial charge >= 0.3 is 6.18 Å². The first-order valence-electron chi connectivity index (χ1n) is 8.21. The number of aliphatic hydroxyl groups is 1. The average Bonchev–Trinajstić information content (AvgIpc) is 2.67. The Kier molecular flexibility index (Phi) is 6.26. The summed E-state index contributed by atoms with van der Waals surface area (Å²) in [7, 11) is 0. The minimum atomic E-state index is -4.55. The van der Waals surface area contributed by atoms with Crippen molar-refractivity contribution in [2.45, 2.75) is 12.3 Å². The summed E-state index contributed by atoms with van der Waals surface area (Å²) in [4.78, 5) is 8.03. The summed E-state index contributed by atoms with van der Waals surface area (Å²) in [6.45, 7) is 0.00525. The molecule has 1 unspecified atom stereocenters. The lowest BCUT2D eigenvalue weighted by atomic mass is 10.1. The molecule has 1 heterocycles. The van der Waals surface area contributed by atoms with Gasteiger partial charge in [-0.25, -0.2) is 14.4 Å². The van der Waals surface area contributed by atoms with Crippen LogP contribution in [-0.4, -0.2) is 21.6 Å². The van der Waals surface area contributed by atoms with Crippen LogP contribution in [0, 0.1) is 5.82 Å². The Morgan fingerprint density at radius 1 is 1.00 bits per heavy atom. The number of rotatable bonds is 5. The molecule has 152 valence electrons. The maximum absolute atomic E-state index is 13.5. The topological polar surface area (TPSA) is 58.0 Å². The van der Waals surface area contributed by atoms with Crippen molar-refractivity contribution in [2.24, 2.45) is 0 Å². The normalized spacial score (nSPS) is 12.7. The van der Waals surface area contributed by atoms with Crippen LogP contribution in [0.5, 0.6) is 0 Å². The summed E-state index contributed by atoms with van der Waals surface area (Å²) in [6, 6.07) is 8.76. The van der Waals surface area contributed by atoms with E-state index >= 15 is 0 Å². The number of benzene rings is 2. The van der Waals surface area contributed by atoms with Gasteiger partial charge in [0.15, 0.2) is 0 Å². The second-order valence-corrected chi connectivity index (χ2v) is 6.87. The van der Waals surface area contributed by atoms with Crippen LogP contribution < -0.4 is 5.32 Å². The molecule has 1 aromatic heterocycles. The third-order valence-corrected chi connectivity index (χ3v) is 4.66. The molecule has 0 saturated heterocycles. The first-order valence-corrected chi connectivity index (χ1v) is 8.97. The standard InChI is InChI=1S/C19H13Cl2F4N3O/c20-13-4-2-11(6-15(13)22)17(29)8-26-18-7-16(27-9-28-18)10-1-3-12(14(21)5-10)19(23,24)25/h1-7,9,17,29H,8H2,(H,26,27,28). The molecule has 0 aliphatic rings. The van der Waals surface area contributed by atoms with Gasteiger partial charge in [-0.3, -0.25) is 0 Å². The van der Waals surface area contributed by atoms with Crippen molar-refractivity contribution in [3.8, 4) is 11.3 Å². The van der Waals surface area contributed by atoms with Crippen LogP contribution >= 0.6 is 23.2 Å². The van der Waals surface area contributed by atoms with Crippen LogP contribution in [0.15, 0.2) is 48.8 Å². The number of nitrogens with one attached hydrogen (secondary N) is 1. The summed E-state index contributed by atoms with van der Waals surface area (Å²) in [5.41, 5.74) is 0.0933. The minimum Gasteiger partial charge on any atom is -0.387 e. The van der Waals surface area contributed by atoms with Gasteiger partial charge in [-0.1, -0.05) is 35.3 Å². The molecule has 0 saturated carbocycles. The third kappa shape index (κ3) is 5.14. The smallest absolute Gasteiger partial charge is 0.387 e. The van der Waals surface area contributed by atoms with Crippen LogP contribution in [-0.2, 0) is 6.18 Å². The van der Waals surface area contributed by atoms with Crippen molar-refractivity contribution in [1.29, 1.82) is 0 Å². The summed E-state index contributed by atoms with van der Waals surface area (Å²) in [6.07, 6.45) is -4.37. The Labute approximate surface area is 173 Å². The molecule has 1 atom stereocenters. The van der Waals surface area contributed by atoms with Crippen molar-refractivity contribution in [3.05, 3.63) is 75.8 Å². The number of nitrogens with zero attached hydrogens (tertiary/aromatic N) is 2. The van der Waals surface area contributed by atoms with Crippen molar-refractivity contribution >= 4 is 29.0 Å². The average molecular weight is 446 g/mol. The number of hydrogen-bond donors (Lipinski definition) is 2. The molecule has 0 bridgehead atoms. The van der Waals surface area contributed by atoms with E-state index in [1.165, 1.54) is 36.7 Å². The van der Waals surface area contributed by atoms with Crippen LogP contribution in [0.25, 0.3) is 11.3 Å². The molecule has 0 fully saturated rings. The van der Waals surface area contributed by atoms with Gasteiger partial charge in [0, 0.05) is 18.2 Å². The summed E-state index contributed by atoms with van der Waals surface area (Å²) >= 11 is 11.4. The van der Waals surface area contributed by atoms with Crippen LogP contribution in [0.3, 0.4) is 0 Å². The van der Waals surface area contributed by atoms with Crippen LogP contribution in [0.2, 0.25) is 10.0 Å². The lowest BCUT2D eigenvalue weighted by molar-refractivity contribution is -0.137. The summed E-state index contributed by atoms with van der Waals surface area (Å²) < 4.78 is 52.0. The van der Waals surface area contributed by atoms with Crippen molar-refractivity contribution in [3.63, 3.8) is 0 Å². The van der Waals surface area contributed by atoms with E-state index in [2.05, 4.69) is 15.3 Å². The maximum Gasteiger partial charge on any atom is 0.417 e. The fraction of sp³-hybridized carbons (Fsp3) is 0.158. The van der Waals surface area contributed by atoms with E-state index in [1.54, 1.807) is 0 Å². The van der Waals surface area contributed by atoms with Gasteiger partial charge in [-0.2, -0.15) is 13.2 Å². The van der Waals surface area contributed by atoms with Gasteiger partial charge in [0.1, 0.15) is 18.0 Å². The minimum absolute atomic E-state index is 0.00525. The quantitative estimate of drug-likeness (QED) is 0.490. The van der Waals surface area contributed by atoms with E-state index in [0.717, 1.165) is 12.1 Å². The Morgan fingerprint density at radius 3 is 2.41 bits per heavy atom. The van der Waals surface area contributed by atoms with Crippen molar-refractivity contribution < 1.29 is 22.7 Å². The highest BCUT2D eigenvalue weighted by atomic mass is 35.5. The monoisotopic (exact) mass is 445 g/mol. The highest BCUT2D eigenvalue weighted by molar-refractivity contribution is 6.31. The molecule has 10 heteroatoms. The van der Waals surface area contributed by atoms with Gasteiger partial charge < -0.3 is 10.4 Å². The van der Waals surface area contributed by atoms with Crippen molar-refractivity contribution in [1.82, 2.24) is 9.97 Å². The van der Waals surface area contributed by atoms with E-state index < -0.39 is 28.7 Å². The van der Waals surface area contributed by atoms with Gasteiger partial charge in [0.05, 0.1) is 27.4 Å². The Bertz CT molecular complexity index is 1030. The van der Waals surface area contributed by atoms with E-state index in [-0.39, 0.29) is 11.6 Å². The number of aromatic nitrogens is 2. The molecular weight excluding hydrogens is 433 g/mol. The molecule has 0 spiro atoms. The Hall–Kier alpha value is -2.42. The highest BCUT2D eigenvalue weighted by Crippen LogP contribution is 2.36. The van der Waals surface area contributed by atoms with Gasteiger partial charge in [-0.05, 0) is 29.8 Å². The first-order chi connectivity index (χ1) is 13.6. The zero-order valence-corrected chi connectivity index (χ0v) is 16.0. The molecular formula is C19H13Cl2F4N3O. The molecule has 0 aliphatic heterocycles. The van der Waals surface area contributed by atoms with E-state index in [1.807, 2.05) is 0 Å². The Morgan fingerprint density at radius 2 is 1.76 bits per heavy atom. The molecule has 2 aromatic carbocycles. The molecule has 0 aliphatic carbocycles. The SMILES string of the molecule is OC(CNc1cc(-c2ccc(C(F)(F)F)c(Cl)c2)ncn1)c1ccc(Cl)c(F)c1. The number of alkyl halides is 3. The van der Waals surface area contributed by atoms with E-state index in [4.69, 9.17) is 23.2 Å². The number of aliphatic hydroxyl groups excluding tert-OH is 1. The fourth-order valence-corrected chi connectivity index (χ4v) is 2.96. The second kappa shape index (κ2) is 8.52.